The number of benzene rings is 3. The fraction of sp³-hybridized carbons (Fsp3) is 0.413. The number of allylic oxidation sites excluding steroid dienone is 1. The number of sulfonamides is 1. The molecule has 338 valence electrons. The zero-order chi connectivity index (χ0) is 46.1. The molecule has 3 aliphatic rings. The van der Waals surface area contributed by atoms with Crippen molar-refractivity contribution in [1.82, 2.24) is 19.6 Å². The van der Waals surface area contributed by atoms with E-state index < -0.39 is 97.6 Å². The molecule has 18 heteroatoms. The maximum absolute atomic E-state index is 15.0. The Balaban J connectivity index is 1.16. The zero-order valence-electron chi connectivity index (χ0n) is 34.9. The SMILES string of the molecule is C=C[C@@H]1C[C@]1(CC(=O)[C@@H]1C[C@@H](Oc2nc(-c3ccc(C(F)(F)F)cc3)nc3c2sc2ccccc23)CN1C(=O)[C@@H](Cc1cccc(C(F)(F)F)c1)C(C)(C)C)C(=O)NS(=O)(=O)C1CC1. The topological polar surface area (TPSA) is 136 Å². The number of amides is 2. The molecule has 0 unspecified atom stereocenters. The minimum Gasteiger partial charge on any atom is -0.471 e. The summed E-state index contributed by atoms with van der Waals surface area (Å²) in [5, 5.41) is 0.0291. The largest absolute Gasteiger partial charge is 0.471 e. The highest BCUT2D eigenvalue weighted by molar-refractivity contribution is 7.90. The van der Waals surface area contributed by atoms with Crippen molar-refractivity contribution in [2.75, 3.05) is 6.54 Å². The molecule has 2 aliphatic carbocycles. The fourth-order valence-corrected chi connectivity index (χ4v) is 11.0. The van der Waals surface area contributed by atoms with E-state index in [4.69, 9.17) is 9.72 Å². The number of Topliss-reactive ketones (excluding diaryl/α,β-unsaturated/α-hetero) is 1. The van der Waals surface area contributed by atoms with Crippen LogP contribution in [0, 0.1) is 22.7 Å². The van der Waals surface area contributed by atoms with E-state index in [0.29, 0.717) is 23.1 Å². The summed E-state index contributed by atoms with van der Waals surface area (Å²) in [6.45, 7) is 8.91. The van der Waals surface area contributed by atoms with Crippen molar-refractivity contribution in [3.8, 4) is 17.3 Å². The van der Waals surface area contributed by atoms with Gasteiger partial charge in [0.25, 0.3) is 0 Å². The number of carbonyl (C=O) groups excluding carboxylic acids is 3. The number of halogens is 6. The van der Waals surface area contributed by atoms with Crippen molar-refractivity contribution >= 4 is 59.3 Å². The van der Waals surface area contributed by atoms with Gasteiger partial charge in [0.15, 0.2) is 11.6 Å². The molecule has 2 aromatic heterocycles. The number of likely N-dealkylation sites (tertiary alicyclic amines) is 1. The van der Waals surface area contributed by atoms with Crippen LogP contribution in [0.5, 0.6) is 5.88 Å². The molecule has 3 aromatic carbocycles. The summed E-state index contributed by atoms with van der Waals surface area (Å²) < 4.78 is 118. The quantitative estimate of drug-likeness (QED) is 0.0912. The molecule has 64 heavy (non-hydrogen) atoms. The van der Waals surface area contributed by atoms with Gasteiger partial charge in [-0.2, -0.15) is 31.3 Å². The highest BCUT2D eigenvalue weighted by Crippen LogP contribution is 2.57. The van der Waals surface area contributed by atoms with E-state index in [-0.39, 0.29) is 48.6 Å². The number of ether oxygens (including phenoxy) is 1. The maximum atomic E-state index is 15.0. The van der Waals surface area contributed by atoms with E-state index >= 15 is 0 Å². The second kappa shape index (κ2) is 16.3. The van der Waals surface area contributed by atoms with Gasteiger partial charge >= 0.3 is 12.4 Å². The van der Waals surface area contributed by atoms with Gasteiger partial charge < -0.3 is 9.64 Å². The molecule has 3 heterocycles. The molecule has 0 radical (unpaired) electrons. The third kappa shape index (κ3) is 8.99. The van der Waals surface area contributed by atoms with Gasteiger partial charge in [-0.25, -0.2) is 13.4 Å². The molecule has 10 nitrogen and oxygen atoms in total. The standard InChI is InChI=1S/C46H44F6N4O6S2/c1-5-27-22-44(27,42(59)55-64(60,61)31-17-18-31)23-35(57)34-21-30(24-56(34)41(58)33(43(2,3)4)20-25-9-8-10-29(19-25)46(50,51)52)62-40-38-37(32-11-6-7-12-36(32)63-38)53-39(54-40)26-13-15-28(16-14-26)45(47,48)49/h5-16,19,27,30-31,33-34H,1,17-18,20-24H2,2-4H3,(H,55,59)/t27-,30-,33-,34+,44-/m1/s1. The van der Waals surface area contributed by atoms with Crippen LogP contribution in [-0.2, 0) is 43.2 Å². The predicted octanol–water partition coefficient (Wildman–Crippen LogP) is 9.56. The predicted molar refractivity (Wildman–Crippen MR) is 228 cm³/mol. The van der Waals surface area contributed by atoms with Crippen LogP contribution in [-0.4, -0.2) is 64.8 Å². The lowest BCUT2D eigenvalue weighted by molar-refractivity contribution is -0.144. The molecule has 8 rings (SSSR count). The first-order chi connectivity index (χ1) is 30.0. The third-order valence-corrected chi connectivity index (χ3v) is 15.4. The van der Waals surface area contributed by atoms with Gasteiger partial charge in [0.2, 0.25) is 27.7 Å². The van der Waals surface area contributed by atoms with Crippen LogP contribution in [0.15, 0.2) is 85.5 Å². The van der Waals surface area contributed by atoms with Gasteiger partial charge in [-0.15, -0.1) is 17.9 Å². The van der Waals surface area contributed by atoms with Gasteiger partial charge in [-0.3, -0.25) is 19.1 Å². The molecule has 0 bridgehead atoms. The molecule has 1 N–H and O–H groups in total. The Hall–Kier alpha value is -5.36. The molecule has 1 saturated heterocycles. The molecule has 2 amide bonds. The number of rotatable bonds is 13. The first kappa shape index (κ1) is 45.2. The summed E-state index contributed by atoms with van der Waals surface area (Å²) in [4.78, 5) is 54.2. The van der Waals surface area contributed by atoms with E-state index in [1.807, 2.05) is 24.3 Å². The van der Waals surface area contributed by atoms with Gasteiger partial charge in [0, 0.05) is 34.4 Å². The Labute approximate surface area is 369 Å². The number of thiophene rings is 1. The monoisotopic (exact) mass is 926 g/mol. The van der Waals surface area contributed by atoms with Crippen LogP contribution in [0.25, 0.3) is 31.7 Å². The molecule has 5 aromatic rings. The smallest absolute Gasteiger partial charge is 0.416 e. The van der Waals surface area contributed by atoms with Gasteiger partial charge in [0.05, 0.1) is 39.9 Å². The van der Waals surface area contributed by atoms with Crippen molar-refractivity contribution in [2.45, 2.75) is 89.0 Å². The number of hydrogen-bond donors (Lipinski definition) is 1. The summed E-state index contributed by atoms with van der Waals surface area (Å²) in [5.41, 5.74) is -3.04. The molecule has 3 fully saturated rings. The van der Waals surface area contributed by atoms with Crippen molar-refractivity contribution < 1.29 is 53.9 Å². The van der Waals surface area contributed by atoms with Crippen LogP contribution >= 0.6 is 11.3 Å². The van der Waals surface area contributed by atoms with Gasteiger partial charge in [-0.1, -0.05) is 75.4 Å². The van der Waals surface area contributed by atoms with Crippen LogP contribution < -0.4 is 9.46 Å². The number of alkyl halides is 6. The molecule has 2 saturated carbocycles. The maximum Gasteiger partial charge on any atom is 0.416 e. The van der Waals surface area contributed by atoms with E-state index in [1.54, 1.807) is 20.8 Å². The molecule has 1 aliphatic heterocycles. The summed E-state index contributed by atoms with van der Waals surface area (Å²) in [5.74, 6) is -3.29. The summed E-state index contributed by atoms with van der Waals surface area (Å²) in [6, 6.07) is 15.2. The first-order valence-corrected chi connectivity index (χ1v) is 23.1. The Bertz CT molecular complexity index is 2780. The number of aromatic nitrogens is 2. The minimum atomic E-state index is -4.63. The highest BCUT2D eigenvalue weighted by Gasteiger charge is 2.61. The normalized spacial score (nSPS) is 22.1. The lowest BCUT2D eigenvalue weighted by atomic mass is 9.76. The highest BCUT2D eigenvalue weighted by atomic mass is 32.2. The Morgan fingerprint density at radius 2 is 1.64 bits per heavy atom. The number of hydrogen-bond acceptors (Lipinski definition) is 9. The number of fused-ring (bicyclic) bond motifs is 3. The third-order valence-electron chi connectivity index (χ3n) is 12.5. The molecular weight excluding hydrogens is 883 g/mol. The van der Waals surface area contributed by atoms with Gasteiger partial charge in [0.1, 0.15) is 10.8 Å². The van der Waals surface area contributed by atoms with Crippen LogP contribution in [0.1, 0.15) is 69.6 Å². The molecule has 0 spiro atoms. The lowest BCUT2D eigenvalue weighted by Gasteiger charge is -2.35. The lowest BCUT2D eigenvalue weighted by Crippen LogP contribution is -2.48. The van der Waals surface area contributed by atoms with Gasteiger partial charge in [-0.05, 0) is 66.8 Å². The van der Waals surface area contributed by atoms with Crippen LogP contribution in [0.2, 0.25) is 0 Å². The second-order valence-electron chi connectivity index (χ2n) is 18.0. The van der Waals surface area contributed by atoms with Crippen molar-refractivity contribution in [2.24, 2.45) is 22.7 Å². The van der Waals surface area contributed by atoms with E-state index in [2.05, 4.69) is 16.3 Å². The van der Waals surface area contributed by atoms with E-state index in [0.717, 1.165) is 34.4 Å². The Kier molecular flexibility index (Phi) is 11.5. The van der Waals surface area contributed by atoms with Crippen molar-refractivity contribution in [3.05, 3.63) is 102 Å². The number of ketones is 1. The summed E-state index contributed by atoms with van der Waals surface area (Å²) >= 11 is 1.31. The minimum absolute atomic E-state index is 0.0537. The van der Waals surface area contributed by atoms with E-state index in [1.165, 1.54) is 46.6 Å². The average Bonchev–Trinajstić information content (AvgIpc) is 4.14. The van der Waals surface area contributed by atoms with Crippen LogP contribution in [0.4, 0.5) is 26.3 Å². The number of nitrogens with zero attached hydrogens (tertiary/aromatic N) is 3. The number of carbonyl (C=O) groups is 3. The first-order valence-electron chi connectivity index (χ1n) is 20.7. The summed E-state index contributed by atoms with van der Waals surface area (Å²) in [7, 11) is -3.97. The average molecular weight is 927 g/mol. The zero-order valence-corrected chi connectivity index (χ0v) is 36.6. The Morgan fingerprint density at radius 1 is 0.953 bits per heavy atom. The number of nitrogens with one attached hydrogen (secondary N) is 1. The van der Waals surface area contributed by atoms with Crippen LogP contribution in [0.3, 0.4) is 0 Å². The van der Waals surface area contributed by atoms with Crippen molar-refractivity contribution in [3.63, 3.8) is 0 Å². The Morgan fingerprint density at radius 3 is 2.27 bits per heavy atom. The fourth-order valence-electron chi connectivity index (χ4n) is 8.56. The molecule has 5 atom stereocenters. The summed E-state index contributed by atoms with van der Waals surface area (Å²) in [6.07, 6.45) is -8.34. The molecular formula is C46H44F6N4O6S2. The van der Waals surface area contributed by atoms with Crippen molar-refractivity contribution in [1.29, 1.82) is 0 Å². The second-order valence-corrected chi connectivity index (χ2v) is 21.0. The van der Waals surface area contributed by atoms with E-state index in [9.17, 15) is 49.1 Å².